The van der Waals surface area contributed by atoms with Crippen LogP contribution in [-0.4, -0.2) is 76.1 Å². The van der Waals surface area contributed by atoms with Crippen LogP contribution in [0, 0.1) is 11.2 Å². The number of carbonyl (C=O) groups excluding carboxylic acids is 4. The number of carbonyl (C=O) groups is 4. The van der Waals surface area contributed by atoms with Crippen LogP contribution in [0.5, 0.6) is 0 Å². The molecule has 0 spiro atoms. The topological polar surface area (TPSA) is 90.0 Å². The van der Waals surface area contributed by atoms with Gasteiger partial charge < -0.3 is 9.80 Å². The van der Waals surface area contributed by atoms with Gasteiger partial charge in [0.2, 0.25) is 11.8 Å². The Kier molecular flexibility index (Phi) is 7.60. The van der Waals surface area contributed by atoms with Crippen LogP contribution in [-0.2, 0) is 16.1 Å². The number of rotatable bonds is 5. The van der Waals surface area contributed by atoms with Gasteiger partial charge >= 0.3 is 0 Å². The van der Waals surface area contributed by atoms with Crippen molar-refractivity contribution in [3.05, 3.63) is 75.1 Å². The highest BCUT2D eigenvalue weighted by Crippen LogP contribution is 2.44. The first kappa shape index (κ1) is 30.1. The van der Waals surface area contributed by atoms with E-state index in [1.54, 1.807) is 4.90 Å². The number of nitrogens with one attached hydrogen (secondary N) is 1. The lowest BCUT2D eigenvalue weighted by molar-refractivity contribution is -0.136. The Morgan fingerprint density at radius 3 is 2.40 bits per heavy atom. The summed E-state index contributed by atoms with van der Waals surface area (Å²) in [6.07, 6.45) is 5.48. The Morgan fingerprint density at radius 1 is 1.00 bits per heavy atom. The third kappa shape index (κ3) is 5.48. The van der Waals surface area contributed by atoms with Crippen LogP contribution in [0.3, 0.4) is 0 Å². The molecule has 2 bridgehead atoms. The van der Waals surface area contributed by atoms with E-state index >= 15 is 4.39 Å². The summed E-state index contributed by atoms with van der Waals surface area (Å²) in [6.45, 7) is 6.48. The Balaban J connectivity index is 1.08. The van der Waals surface area contributed by atoms with E-state index in [2.05, 4.69) is 36.2 Å². The predicted octanol–water partition coefficient (Wildman–Crippen LogP) is 5.19. The maximum absolute atomic E-state index is 15.9. The van der Waals surface area contributed by atoms with Gasteiger partial charge in [-0.2, -0.15) is 0 Å². The summed E-state index contributed by atoms with van der Waals surface area (Å²) in [4.78, 5) is 56.5. The summed E-state index contributed by atoms with van der Waals surface area (Å²) in [5.74, 6) is -2.44. The van der Waals surface area contributed by atoms with Crippen molar-refractivity contribution in [3.8, 4) is 0 Å². The number of piperazine rings is 1. The molecule has 0 aromatic heterocycles. The van der Waals surface area contributed by atoms with Crippen molar-refractivity contribution < 1.29 is 23.6 Å². The number of allylic oxidation sites excluding steroid dienone is 1. The summed E-state index contributed by atoms with van der Waals surface area (Å²) in [6, 6.07) is 10.6. The number of benzene rings is 2. The van der Waals surface area contributed by atoms with Crippen LogP contribution in [0.25, 0.3) is 5.57 Å². The van der Waals surface area contributed by atoms with Gasteiger partial charge in [0.15, 0.2) is 0 Å². The predicted molar refractivity (Wildman–Crippen MR) is 168 cm³/mol. The molecule has 3 fully saturated rings. The van der Waals surface area contributed by atoms with E-state index < -0.39 is 23.7 Å². The van der Waals surface area contributed by atoms with Crippen molar-refractivity contribution in [2.75, 3.05) is 19.6 Å². The van der Waals surface area contributed by atoms with Gasteiger partial charge in [0.05, 0.1) is 12.1 Å². The lowest BCUT2D eigenvalue weighted by Gasteiger charge is -2.43. The number of imide groups is 1. The number of halogens is 2. The van der Waals surface area contributed by atoms with Crippen molar-refractivity contribution in [2.24, 2.45) is 5.41 Å². The average molecular weight is 633 g/mol. The molecule has 4 aliphatic heterocycles. The Bertz CT molecular complexity index is 1620. The highest BCUT2D eigenvalue weighted by atomic mass is 35.5. The zero-order chi connectivity index (χ0) is 31.6. The molecule has 3 unspecified atom stereocenters. The van der Waals surface area contributed by atoms with Crippen LogP contribution in [0.15, 0.2) is 42.0 Å². The number of nitrogens with zero attached hydrogens (tertiary/aromatic N) is 3. The van der Waals surface area contributed by atoms with Gasteiger partial charge in [0.25, 0.3) is 11.8 Å². The Hall–Kier alpha value is -3.56. The van der Waals surface area contributed by atoms with Crippen LogP contribution in [0.2, 0.25) is 5.02 Å². The molecule has 4 amide bonds. The van der Waals surface area contributed by atoms with Gasteiger partial charge in [-0.3, -0.25) is 29.4 Å². The van der Waals surface area contributed by atoms with Gasteiger partial charge in [-0.05, 0) is 79.3 Å². The third-order valence-corrected chi connectivity index (χ3v) is 10.8. The molecule has 0 saturated carbocycles. The summed E-state index contributed by atoms with van der Waals surface area (Å²) < 4.78 is 15.9. The van der Waals surface area contributed by atoms with E-state index in [9.17, 15) is 19.2 Å². The van der Waals surface area contributed by atoms with Crippen LogP contribution in [0.4, 0.5) is 4.39 Å². The highest BCUT2D eigenvalue weighted by Gasteiger charge is 2.44. The molecular formula is C35H38ClFN4O4. The molecule has 0 radical (unpaired) electrons. The van der Waals surface area contributed by atoms with Gasteiger partial charge in [0.1, 0.15) is 11.9 Å². The van der Waals surface area contributed by atoms with E-state index in [1.165, 1.54) is 33.7 Å². The van der Waals surface area contributed by atoms with Crippen LogP contribution in [0.1, 0.15) is 90.6 Å². The minimum absolute atomic E-state index is 0.0400. The molecule has 4 heterocycles. The fourth-order valence-electron chi connectivity index (χ4n) is 8.04. The lowest BCUT2D eigenvalue weighted by Crippen LogP contribution is -2.55. The standard InChI is InChI=1S/C35H38ClFN4O4/c1-35(2)14-13-21(27(15-35)20-3-5-22(36)6-4-20)16-40-23-7-8-24(40)18-39(17-23)33(44)26-10-9-25-28(31(26)37)19-41(34(25)45)29-11-12-30(42)38-32(29)43/h3-6,9-10,23-24,29H,7-8,11-19H2,1-2H3,(H,38,42,43). The lowest BCUT2D eigenvalue weighted by atomic mass is 9.72. The SMILES string of the molecule is CC1(C)CCC(CN2C3CCC2CN(C(=O)c2ccc4c(c2F)CN(C2CCC(=O)NC2=O)C4=O)C3)=C(c2ccc(Cl)cc2)C1. The normalized spacial score (nSPS) is 26.4. The fourth-order valence-corrected chi connectivity index (χ4v) is 8.16. The zero-order valence-electron chi connectivity index (χ0n) is 25.7. The fraction of sp³-hybridized carbons (Fsp3) is 0.486. The average Bonchev–Trinajstić information content (AvgIpc) is 3.44. The second kappa shape index (κ2) is 11.4. The van der Waals surface area contributed by atoms with E-state index in [1.807, 2.05) is 12.1 Å². The summed E-state index contributed by atoms with van der Waals surface area (Å²) in [5, 5.41) is 2.99. The number of hydrogen-bond donors (Lipinski definition) is 1. The van der Waals surface area contributed by atoms with Gasteiger partial charge in [-0.25, -0.2) is 4.39 Å². The van der Waals surface area contributed by atoms with Gasteiger partial charge in [-0.15, -0.1) is 0 Å². The molecule has 1 N–H and O–H groups in total. The zero-order valence-corrected chi connectivity index (χ0v) is 26.5. The number of likely N-dealkylation sites (tertiary alicyclic amines) is 1. The van der Waals surface area contributed by atoms with Crippen molar-refractivity contribution in [3.63, 3.8) is 0 Å². The second-order valence-corrected chi connectivity index (χ2v) is 14.5. The number of fused-ring (bicyclic) bond motifs is 3. The monoisotopic (exact) mass is 632 g/mol. The molecular weight excluding hydrogens is 595 g/mol. The minimum atomic E-state index is -0.838. The molecule has 2 aromatic rings. The van der Waals surface area contributed by atoms with Gasteiger partial charge in [-0.1, -0.05) is 43.2 Å². The van der Waals surface area contributed by atoms with Crippen molar-refractivity contribution in [1.82, 2.24) is 20.0 Å². The summed E-state index contributed by atoms with van der Waals surface area (Å²) >= 11 is 6.20. The first-order valence-corrected chi connectivity index (χ1v) is 16.3. The molecule has 8 nitrogen and oxygen atoms in total. The largest absolute Gasteiger partial charge is 0.335 e. The molecule has 3 saturated heterocycles. The van der Waals surface area contributed by atoms with E-state index in [0.29, 0.717) is 13.1 Å². The molecule has 3 atom stereocenters. The third-order valence-electron chi connectivity index (χ3n) is 10.6. The first-order chi connectivity index (χ1) is 21.5. The van der Waals surface area contributed by atoms with Crippen molar-refractivity contribution in [2.45, 2.75) is 83.5 Å². The van der Waals surface area contributed by atoms with E-state index in [0.717, 1.165) is 43.7 Å². The smallest absolute Gasteiger partial charge is 0.256 e. The van der Waals surface area contributed by atoms with Gasteiger partial charge in [0, 0.05) is 54.3 Å². The molecule has 7 rings (SSSR count). The highest BCUT2D eigenvalue weighted by molar-refractivity contribution is 6.30. The minimum Gasteiger partial charge on any atom is -0.335 e. The molecule has 10 heteroatoms. The van der Waals surface area contributed by atoms with E-state index in [4.69, 9.17) is 11.6 Å². The Morgan fingerprint density at radius 2 is 1.71 bits per heavy atom. The second-order valence-electron chi connectivity index (χ2n) is 14.1. The van der Waals surface area contributed by atoms with E-state index in [-0.39, 0.29) is 65.4 Å². The number of piperidine rings is 1. The molecule has 2 aromatic carbocycles. The van der Waals surface area contributed by atoms with Crippen LogP contribution < -0.4 is 5.32 Å². The maximum Gasteiger partial charge on any atom is 0.256 e. The summed E-state index contributed by atoms with van der Waals surface area (Å²) in [5.41, 5.74) is 4.58. The molecule has 5 aliphatic rings. The quantitative estimate of drug-likeness (QED) is 0.458. The molecule has 45 heavy (non-hydrogen) atoms. The number of hydrogen-bond acceptors (Lipinski definition) is 5. The molecule has 236 valence electrons. The summed E-state index contributed by atoms with van der Waals surface area (Å²) in [7, 11) is 0. The van der Waals surface area contributed by atoms with Crippen LogP contribution >= 0.6 is 11.6 Å². The molecule has 1 aliphatic carbocycles. The maximum atomic E-state index is 15.9. The Labute approximate surface area is 267 Å². The van der Waals surface area contributed by atoms with Crippen molar-refractivity contribution >= 4 is 40.8 Å². The first-order valence-electron chi connectivity index (χ1n) is 16.0. The van der Waals surface area contributed by atoms with Crippen molar-refractivity contribution in [1.29, 1.82) is 0 Å². The number of amides is 4.